The van der Waals surface area contributed by atoms with Gasteiger partial charge in [-0.25, -0.2) is 13.2 Å². The predicted octanol–water partition coefficient (Wildman–Crippen LogP) is 6.99. The quantitative estimate of drug-likeness (QED) is 0.508. The summed E-state index contributed by atoms with van der Waals surface area (Å²) in [6, 6.07) is 5.26. The Kier molecular flexibility index (Phi) is 6.08. The van der Waals surface area contributed by atoms with Crippen molar-refractivity contribution in [1.82, 2.24) is 0 Å². The summed E-state index contributed by atoms with van der Waals surface area (Å²) in [5.74, 6) is -4.20. The standard InChI is InChI=1S/C22H24F4O/c1-3-4-13-5-7-14(8-6-13)15-9-10-16(20(24)19(15)23)17-11-12-18(27-2)22(26)21(17)25/h9-14H,3-8H2,1-2H3. The lowest BCUT2D eigenvalue weighted by atomic mass is 9.77. The minimum Gasteiger partial charge on any atom is -0.494 e. The second kappa shape index (κ2) is 8.32. The zero-order valence-corrected chi connectivity index (χ0v) is 15.6. The third-order valence-corrected chi connectivity index (χ3v) is 5.65. The van der Waals surface area contributed by atoms with Gasteiger partial charge >= 0.3 is 0 Å². The lowest BCUT2D eigenvalue weighted by Crippen LogP contribution is -2.15. The van der Waals surface area contributed by atoms with Crippen LogP contribution in [0.1, 0.15) is 56.9 Å². The summed E-state index contributed by atoms with van der Waals surface area (Å²) >= 11 is 0. The SMILES string of the molecule is CCCC1CCC(c2ccc(-c3ccc(OC)c(F)c3F)c(F)c2F)CC1. The van der Waals surface area contributed by atoms with E-state index in [1.807, 2.05) is 0 Å². The highest BCUT2D eigenvalue weighted by molar-refractivity contribution is 5.66. The first-order valence-electron chi connectivity index (χ1n) is 9.48. The van der Waals surface area contributed by atoms with Crippen LogP contribution in [0.2, 0.25) is 0 Å². The molecule has 27 heavy (non-hydrogen) atoms. The van der Waals surface area contributed by atoms with Crippen LogP contribution in [0.5, 0.6) is 5.75 Å². The molecule has 0 amide bonds. The first kappa shape index (κ1) is 19.7. The van der Waals surface area contributed by atoms with E-state index in [9.17, 15) is 17.6 Å². The molecule has 1 aliphatic carbocycles. The molecule has 0 aromatic heterocycles. The zero-order valence-electron chi connectivity index (χ0n) is 15.6. The average molecular weight is 380 g/mol. The van der Waals surface area contributed by atoms with Crippen LogP contribution in [0, 0.1) is 29.2 Å². The number of halogens is 4. The third kappa shape index (κ3) is 3.83. The van der Waals surface area contributed by atoms with E-state index >= 15 is 0 Å². The first-order valence-corrected chi connectivity index (χ1v) is 9.48. The Labute approximate surface area is 157 Å². The summed E-state index contributed by atoms with van der Waals surface area (Å²) in [4.78, 5) is 0. The molecule has 0 bridgehead atoms. The third-order valence-electron chi connectivity index (χ3n) is 5.65. The van der Waals surface area contributed by atoms with Gasteiger partial charge in [0.25, 0.3) is 0 Å². The summed E-state index contributed by atoms with van der Waals surface area (Å²) in [7, 11) is 1.21. The van der Waals surface area contributed by atoms with Crippen LogP contribution < -0.4 is 4.74 Å². The monoisotopic (exact) mass is 380 g/mol. The van der Waals surface area contributed by atoms with Crippen molar-refractivity contribution in [1.29, 1.82) is 0 Å². The molecule has 1 fully saturated rings. The highest BCUT2D eigenvalue weighted by Crippen LogP contribution is 2.40. The Morgan fingerprint density at radius 1 is 0.815 bits per heavy atom. The van der Waals surface area contributed by atoms with E-state index in [-0.39, 0.29) is 22.8 Å². The fourth-order valence-corrected chi connectivity index (χ4v) is 4.16. The van der Waals surface area contributed by atoms with Gasteiger partial charge in [0.1, 0.15) is 0 Å². The maximum Gasteiger partial charge on any atom is 0.201 e. The fourth-order valence-electron chi connectivity index (χ4n) is 4.16. The van der Waals surface area contributed by atoms with E-state index < -0.39 is 23.3 Å². The summed E-state index contributed by atoms with van der Waals surface area (Å²) < 4.78 is 62.4. The highest BCUT2D eigenvalue weighted by atomic mass is 19.2. The largest absolute Gasteiger partial charge is 0.494 e. The Balaban J connectivity index is 1.89. The van der Waals surface area contributed by atoms with Gasteiger partial charge in [0, 0.05) is 11.1 Å². The van der Waals surface area contributed by atoms with Crippen LogP contribution in [0.15, 0.2) is 24.3 Å². The molecular formula is C22H24F4O. The molecule has 0 aliphatic heterocycles. The molecule has 1 aliphatic rings. The van der Waals surface area contributed by atoms with E-state index in [4.69, 9.17) is 4.74 Å². The summed E-state index contributed by atoms with van der Waals surface area (Å²) in [5, 5.41) is 0. The van der Waals surface area contributed by atoms with Crippen molar-refractivity contribution >= 4 is 0 Å². The van der Waals surface area contributed by atoms with E-state index in [0.717, 1.165) is 32.1 Å². The molecule has 0 heterocycles. The van der Waals surface area contributed by atoms with Crippen molar-refractivity contribution in [2.75, 3.05) is 7.11 Å². The molecule has 146 valence electrons. The van der Waals surface area contributed by atoms with Gasteiger partial charge in [-0.3, -0.25) is 0 Å². The van der Waals surface area contributed by atoms with Gasteiger partial charge in [-0.2, -0.15) is 4.39 Å². The lowest BCUT2D eigenvalue weighted by molar-refractivity contribution is 0.303. The van der Waals surface area contributed by atoms with Crippen LogP contribution in [0.3, 0.4) is 0 Å². The number of hydrogen-bond acceptors (Lipinski definition) is 1. The molecule has 0 atom stereocenters. The van der Waals surface area contributed by atoms with Crippen LogP contribution in [-0.2, 0) is 0 Å². The minimum absolute atomic E-state index is 0.0286. The predicted molar refractivity (Wildman–Crippen MR) is 97.9 cm³/mol. The Morgan fingerprint density at radius 2 is 1.41 bits per heavy atom. The molecule has 0 N–H and O–H groups in total. The molecule has 0 unspecified atom stereocenters. The summed E-state index contributed by atoms with van der Waals surface area (Å²) in [5.41, 5.74) is -0.265. The zero-order chi connectivity index (χ0) is 19.6. The number of methoxy groups -OCH3 is 1. The Bertz CT molecular complexity index is 810. The topological polar surface area (TPSA) is 9.23 Å². The van der Waals surface area contributed by atoms with Gasteiger partial charge in [-0.15, -0.1) is 0 Å². The van der Waals surface area contributed by atoms with Crippen molar-refractivity contribution in [3.8, 4) is 16.9 Å². The van der Waals surface area contributed by atoms with Gasteiger partial charge < -0.3 is 4.74 Å². The summed E-state index contributed by atoms with van der Waals surface area (Å²) in [6.45, 7) is 2.15. The minimum atomic E-state index is -1.25. The number of hydrogen-bond donors (Lipinski definition) is 0. The normalized spacial score (nSPS) is 19.9. The lowest BCUT2D eigenvalue weighted by Gasteiger charge is -2.29. The smallest absolute Gasteiger partial charge is 0.201 e. The molecule has 0 spiro atoms. The fraction of sp³-hybridized carbons (Fsp3) is 0.455. The molecule has 5 heteroatoms. The van der Waals surface area contributed by atoms with Crippen molar-refractivity contribution in [2.45, 2.75) is 51.4 Å². The maximum absolute atomic E-state index is 14.7. The van der Waals surface area contributed by atoms with Crippen molar-refractivity contribution in [3.05, 3.63) is 53.1 Å². The molecule has 0 saturated heterocycles. The van der Waals surface area contributed by atoms with E-state index in [0.29, 0.717) is 11.5 Å². The second-order valence-electron chi connectivity index (χ2n) is 7.28. The van der Waals surface area contributed by atoms with Crippen LogP contribution in [0.4, 0.5) is 17.6 Å². The average Bonchev–Trinajstić information content (AvgIpc) is 2.68. The second-order valence-corrected chi connectivity index (χ2v) is 7.28. The van der Waals surface area contributed by atoms with Crippen LogP contribution in [-0.4, -0.2) is 7.11 Å². The van der Waals surface area contributed by atoms with Crippen molar-refractivity contribution in [2.24, 2.45) is 5.92 Å². The first-order chi connectivity index (χ1) is 13.0. The number of rotatable bonds is 5. The molecule has 1 saturated carbocycles. The van der Waals surface area contributed by atoms with E-state index in [1.165, 1.54) is 37.8 Å². The molecule has 2 aromatic rings. The van der Waals surface area contributed by atoms with E-state index in [1.54, 1.807) is 0 Å². The molecule has 2 aromatic carbocycles. The highest BCUT2D eigenvalue weighted by Gasteiger charge is 2.27. The van der Waals surface area contributed by atoms with Crippen LogP contribution in [0.25, 0.3) is 11.1 Å². The molecular weight excluding hydrogens is 356 g/mol. The van der Waals surface area contributed by atoms with Gasteiger partial charge in [-0.05, 0) is 55.2 Å². The summed E-state index contributed by atoms with van der Waals surface area (Å²) in [6.07, 6.45) is 5.99. The van der Waals surface area contributed by atoms with Gasteiger partial charge in [0.05, 0.1) is 7.11 Å². The van der Waals surface area contributed by atoms with Crippen LogP contribution >= 0.6 is 0 Å². The number of benzene rings is 2. The van der Waals surface area contributed by atoms with E-state index in [2.05, 4.69) is 6.92 Å². The van der Waals surface area contributed by atoms with Gasteiger partial charge in [0.15, 0.2) is 23.2 Å². The van der Waals surface area contributed by atoms with Gasteiger partial charge in [-0.1, -0.05) is 31.9 Å². The maximum atomic E-state index is 14.7. The van der Waals surface area contributed by atoms with Crippen molar-refractivity contribution < 1.29 is 22.3 Å². The molecule has 0 radical (unpaired) electrons. The molecule has 3 rings (SSSR count). The van der Waals surface area contributed by atoms with Crippen molar-refractivity contribution in [3.63, 3.8) is 0 Å². The Hall–Kier alpha value is -2.04. The molecule has 1 nitrogen and oxygen atoms in total. The van der Waals surface area contributed by atoms with Gasteiger partial charge in [0.2, 0.25) is 5.82 Å². The number of ether oxygens (including phenoxy) is 1. The Morgan fingerprint density at radius 3 is 2.00 bits per heavy atom.